The van der Waals surface area contributed by atoms with Gasteiger partial charge in [0.1, 0.15) is 17.2 Å². The SMILES string of the molecule is C#Cn1ccnc1-c1ccc(-c2cnc(OC)c(NS(=O)(=O)c3ccc(F)cc3)c2)nn1. The molecule has 160 valence electrons. The van der Waals surface area contributed by atoms with Crippen LogP contribution < -0.4 is 9.46 Å². The fraction of sp³-hybridized carbons (Fsp3) is 0.0476. The van der Waals surface area contributed by atoms with E-state index in [1.165, 1.54) is 23.9 Å². The molecular weight excluding hydrogens is 435 g/mol. The van der Waals surface area contributed by atoms with Crippen LogP contribution in [0.4, 0.5) is 10.1 Å². The molecule has 3 heterocycles. The fourth-order valence-electron chi connectivity index (χ4n) is 2.85. The van der Waals surface area contributed by atoms with E-state index >= 15 is 0 Å². The lowest BCUT2D eigenvalue weighted by atomic mass is 10.2. The number of aromatic nitrogens is 5. The number of hydrogen-bond donors (Lipinski definition) is 1. The van der Waals surface area contributed by atoms with Gasteiger partial charge in [-0.25, -0.2) is 22.8 Å². The Balaban J connectivity index is 1.66. The van der Waals surface area contributed by atoms with Crippen molar-refractivity contribution in [3.63, 3.8) is 0 Å². The molecule has 0 saturated carbocycles. The highest BCUT2D eigenvalue weighted by atomic mass is 32.2. The second-order valence-electron chi connectivity index (χ2n) is 6.39. The molecule has 9 nitrogen and oxygen atoms in total. The van der Waals surface area contributed by atoms with Gasteiger partial charge < -0.3 is 4.74 Å². The number of terminal acetylenes is 1. The van der Waals surface area contributed by atoms with Crippen molar-refractivity contribution >= 4 is 15.7 Å². The average Bonchev–Trinajstić information content (AvgIpc) is 3.28. The van der Waals surface area contributed by atoms with Gasteiger partial charge >= 0.3 is 0 Å². The molecule has 0 unspecified atom stereocenters. The lowest BCUT2D eigenvalue weighted by Gasteiger charge is -2.12. The summed E-state index contributed by atoms with van der Waals surface area (Å²) in [5.41, 5.74) is 1.48. The summed E-state index contributed by atoms with van der Waals surface area (Å²) in [5, 5.41) is 8.32. The zero-order valence-corrected chi connectivity index (χ0v) is 17.4. The molecule has 0 aliphatic heterocycles. The number of anilines is 1. The summed E-state index contributed by atoms with van der Waals surface area (Å²) in [6.07, 6.45) is 10.1. The Morgan fingerprint density at radius 1 is 1.09 bits per heavy atom. The van der Waals surface area contributed by atoms with Crippen LogP contribution in [0.1, 0.15) is 0 Å². The summed E-state index contributed by atoms with van der Waals surface area (Å²) in [6.45, 7) is 0. The number of hydrogen-bond acceptors (Lipinski definition) is 7. The first-order valence-electron chi connectivity index (χ1n) is 9.08. The fourth-order valence-corrected chi connectivity index (χ4v) is 3.90. The van der Waals surface area contributed by atoms with Gasteiger partial charge in [0.05, 0.1) is 17.7 Å². The molecule has 0 atom stereocenters. The van der Waals surface area contributed by atoms with Gasteiger partial charge in [0.15, 0.2) is 5.82 Å². The van der Waals surface area contributed by atoms with Crippen molar-refractivity contribution in [3.05, 3.63) is 66.9 Å². The van der Waals surface area contributed by atoms with E-state index < -0.39 is 15.8 Å². The van der Waals surface area contributed by atoms with Gasteiger partial charge in [-0.05, 0) is 42.5 Å². The van der Waals surface area contributed by atoms with E-state index in [4.69, 9.17) is 11.2 Å². The Morgan fingerprint density at radius 2 is 1.81 bits per heavy atom. The van der Waals surface area contributed by atoms with E-state index in [0.29, 0.717) is 22.8 Å². The number of ether oxygens (including phenoxy) is 1. The number of methoxy groups -OCH3 is 1. The molecule has 0 spiro atoms. The first kappa shape index (κ1) is 21.0. The van der Waals surface area contributed by atoms with Crippen molar-refractivity contribution in [3.8, 4) is 41.1 Å². The number of benzene rings is 1. The first-order chi connectivity index (χ1) is 15.4. The van der Waals surface area contributed by atoms with E-state index in [-0.39, 0.29) is 16.5 Å². The van der Waals surface area contributed by atoms with Crippen molar-refractivity contribution in [2.75, 3.05) is 11.8 Å². The Kier molecular flexibility index (Phi) is 5.53. The zero-order chi connectivity index (χ0) is 22.7. The number of nitrogens with zero attached hydrogens (tertiary/aromatic N) is 5. The van der Waals surface area contributed by atoms with Crippen LogP contribution in [0.5, 0.6) is 5.88 Å². The third kappa shape index (κ3) is 4.12. The maximum atomic E-state index is 13.1. The maximum absolute atomic E-state index is 13.1. The standard InChI is InChI=1S/C21H15FN6O3S/c1-3-28-11-10-23-20(28)18-9-8-17(25-26-18)14-12-19(21(31-2)24-13-14)27-32(29,30)16-6-4-15(22)5-7-16/h1,4-13,27H,2H3. The molecule has 1 N–H and O–H groups in total. The van der Waals surface area contributed by atoms with Crippen molar-refractivity contribution < 1.29 is 17.5 Å². The number of pyridine rings is 1. The molecule has 0 bridgehead atoms. The van der Waals surface area contributed by atoms with Crippen LogP contribution in [-0.4, -0.2) is 40.3 Å². The molecule has 0 aliphatic rings. The van der Waals surface area contributed by atoms with E-state index in [1.54, 1.807) is 24.5 Å². The average molecular weight is 450 g/mol. The molecule has 0 amide bonds. The third-order valence-electron chi connectivity index (χ3n) is 4.38. The monoisotopic (exact) mass is 450 g/mol. The van der Waals surface area contributed by atoms with Crippen molar-refractivity contribution in [1.82, 2.24) is 24.7 Å². The molecule has 11 heteroatoms. The molecule has 4 rings (SSSR count). The van der Waals surface area contributed by atoms with Gasteiger partial charge in [-0.3, -0.25) is 9.29 Å². The van der Waals surface area contributed by atoms with Crippen LogP contribution in [0, 0.1) is 18.3 Å². The Labute approximate surface area is 183 Å². The summed E-state index contributed by atoms with van der Waals surface area (Å²) in [7, 11) is -2.65. The number of nitrogens with one attached hydrogen (secondary N) is 1. The van der Waals surface area contributed by atoms with Crippen molar-refractivity contribution in [2.24, 2.45) is 0 Å². The summed E-state index contributed by atoms with van der Waals surface area (Å²) < 4.78 is 47.6. The Hall–Kier alpha value is -4.30. The van der Waals surface area contributed by atoms with Crippen molar-refractivity contribution in [2.45, 2.75) is 4.90 Å². The van der Waals surface area contributed by atoms with Gasteiger partial charge in [0.25, 0.3) is 10.0 Å². The van der Waals surface area contributed by atoms with Gasteiger partial charge in [-0.2, -0.15) is 0 Å². The van der Waals surface area contributed by atoms with Crippen LogP contribution in [-0.2, 0) is 10.0 Å². The highest BCUT2D eigenvalue weighted by molar-refractivity contribution is 7.92. The third-order valence-corrected chi connectivity index (χ3v) is 5.76. The van der Waals surface area contributed by atoms with Gasteiger partial charge in [0.2, 0.25) is 5.88 Å². The minimum absolute atomic E-state index is 0.0556. The predicted octanol–water partition coefficient (Wildman–Crippen LogP) is 2.79. The number of imidazole rings is 1. The van der Waals surface area contributed by atoms with Crippen molar-refractivity contribution in [1.29, 1.82) is 0 Å². The Morgan fingerprint density at radius 3 is 2.47 bits per heavy atom. The lowest BCUT2D eigenvalue weighted by molar-refractivity contribution is 0.400. The van der Waals surface area contributed by atoms with E-state index in [1.807, 2.05) is 0 Å². The molecule has 0 radical (unpaired) electrons. The Bertz CT molecular complexity index is 1410. The summed E-state index contributed by atoms with van der Waals surface area (Å²) in [4.78, 5) is 8.19. The largest absolute Gasteiger partial charge is 0.480 e. The van der Waals surface area contributed by atoms with Crippen LogP contribution in [0.25, 0.3) is 22.8 Å². The van der Waals surface area contributed by atoms with Gasteiger partial charge in [-0.15, -0.1) is 10.2 Å². The molecule has 32 heavy (non-hydrogen) atoms. The smallest absolute Gasteiger partial charge is 0.262 e. The molecule has 0 saturated heterocycles. The summed E-state index contributed by atoms with van der Waals surface area (Å²) in [6, 6.07) is 11.8. The summed E-state index contributed by atoms with van der Waals surface area (Å²) in [5.74, 6) is -0.0239. The van der Waals surface area contributed by atoms with E-state index in [0.717, 1.165) is 24.3 Å². The lowest BCUT2D eigenvalue weighted by Crippen LogP contribution is -2.14. The van der Waals surface area contributed by atoms with Crippen LogP contribution in [0.2, 0.25) is 0 Å². The van der Waals surface area contributed by atoms with Crippen LogP contribution in [0.15, 0.2) is 66.0 Å². The quantitative estimate of drug-likeness (QED) is 0.450. The highest BCUT2D eigenvalue weighted by Crippen LogP contribution is 2.29. The highest BCUT2D eigenvalue weighted by Gasteiger charge is 2.19. The number of rotatable bonds is 6. The number of halogens is 1. The summed E-state index contributed by atoms with van der Waals surface area (Å²) >= 11 is 0. The number of sulfonamides is 1. The van der Waals surface area contributed by atoms with Gasteiger partial charge in [-0.1, -0.05) is 6.42 Å². The van der Waals surface area contributed by atoms with E-state index in [2.05, 4.69) is 30.9 Å². The zero-order valence-electron chi connectivity index (χ0n) is 16.6. The van der Waals surface area contributed by atoms with Crippen LogP contribution in [0.3, 0.4) is 0 Å². The molecular formula is C21H15FN6O3S. The van der Waals surface area contributed by atoms with Gasteiger partial charge in [0, 0.05) is 30.2 Å². The molecule has 0 aliphatic carbocycles. The molecule has 0 fully saturated rings. The second kappa shape index (κ2) is 8.44. The predicted molar refractivity (Wildman–Crippen MR) is 114 cm³/mol. The topological polar surface area (TPSA) is 112 Å². The maximum Gasteiger partial charge on any atom is 0.262 e. The second-order valence-corrected chi connectivity index (χ2v) is 8.08. The van der Waals surface area contributed by atoms with E-state index in [9.17, 15) is 12.8 Å². The molecule has 4 aromatic rings. The van der Waals surface area contributed by atoms with Crippen LogP contribution >= 0.6 is 0 Å². The first-order valence-corrected chi connectivity index (χ1v) is 10.6. The minimum Gasteiger partial charge on any atom is -0.480 e. The normalized spacial score (nSPS) is 11.0. The molecule has 1 aromatic carbocycles. The molecule has 3 aromatic heterocycles. The minimum atomic E-state index is -4.01.